The molecule has 1 fully saturated rings. The molecule has 2 heterocycles. The molecule has 3 atom stereocenters. The van der Waals surface area contributed by atoms with Gasteiger partial charge >= 0.3 is 0 Å². The smallest absolute Gasteiger partial charge is 0.255 e. The molecule has 1 unspecified atom stereocenters. The fourth-order valence-corrected chi connectivity index (χ4v) is 3.34. The average molecular weight is 372 g/mol. The van der Waals surface area contributed by atoms with Crippen LogP contribution in [0.3, 0.4) is 0 Å². The van der Waals surface area contributed by atoms with Crippen molar-refractivity contribution in [3.05, 3.63) is 22.8 Å². The summed E-state index contributed by atoms with van der Waals surface area (Å²) in [7, 11) is 0. The molecule has 0 radical (unpaired) electrons. The van der Waals surface area contributed by atoms with Crippen LogP contribution in [0.25, 0.3) is 0 Å². The number of carbonyl (C=O) groups excluding carboxylic acids is 2. The van der Waals surface area contributed by atoms with Gasteiger partial charge in [-0.15, -0.1) is 0 Å². The summed E-state index contributed by atoms with van der Waals surface area (Å²) in [5.74, 6) is -0.810. The number of aliphatic hydroxyl groups is 1. The molecule has 1 aromatic rings. The summed E-state index contributed by atoms with van der Waals surface area (Å²) in [6.45, 7) is 5.40. The van der Waals surface area contributed by atoms with E-state index in [-0.39, 0.29) is 34.0 Å². The summed E-state index contributed by atoms with van der Waals surface area (Å²) in [5.41, 5.74) is 11.3. The monoisotopic (exact) mass is 371 g/mol. The number of hydrogen-bond donors (Lipinski definition) is 3. The zero-order valence-corrected chi connectivity index (χ0v) is 13.7. The van der Waals surface area contributed by atoms with Gasteiger partial charge < -0.3 is 21.5 Å². The normalized spacial score (nSPS) is 22.6. The molecule has 22 heavy (non-hydrogen) atoms. The number of rotatable bonds is 4. The maximum Gasteiger partial charge on any atom is 0.255 e. The number of primary amides is 1. The lowest BCUT2D eigenvalue weighted by molar-refractivity contribution is -0.128. The van der Waals surface area contributed by atoms with Crippen molar-refractivity contribution in [2.75, 3.05) is 12.3 Å². The Labute approximate surface area is 135 Å². The van der Waals surface area contributed by atoms with Gasteiger partial charge in [-0.1, -0.05) is 6.58 Å². The predicted octanol–water partition coefficient (Wildman–Crippen LogP) is 0.0355. The molecule has 0 aliphatic carbocycles. The Morgan fingerprint density at radius 2 is 2.23 bits per heavy atom. The maximum atomic E-state index is 11.9. The fraction of sp³-hybridized carbons (Fsp3) is 0.462. The number of anilines is 1. The van der Waals surface area contributed by atoms with Crippen molar-refractivity contribution in [2.45, 2.75) is 31.5 Å². The third kappa shape index (κ3) is 2.73. The molecule has 8 nitrogen and oxygen atoms in total. The number of nitrogen functional groups attached to an aromatic ring is 1. The summed E-state index contributed by atoms with van der Waals surface area (Å²) < 4.78 is 1.73. The van der Waals surface area contributed by atoms with Crippen molar-refractivity contribution < 1.29 is 14.7 Å². The van der Waals surface area contributed by atoms with Crippen LogP contribution < -0.4 is 11.5 Å². The Morgan fingerprint density at radius 1 is 1.59 bits per heavy atom. The minimum atomic E-state index is -0.704. The van der Waals surface area contributed by atoms with Gasteiger partial charge in [-0.3, -0.25) is 9.59 Å². The zero-order chi connectivity index (χ0) is 16.6. The molecule has 0 spiro atoms. The van der Waals surface area contributed by atoms with E-state index in [1.807, 2.05) is 0 Å². The summed E-state index contributed by atoms with van der Waals surface area (Å²) in [6.07, 6.45) is 0.965. The number of aromatic nitrogens is 2. The molecule has 0 aromatic carbocycles. The summed E-state index contributed by atoms with van der Waals surface area (Å²) in [6, 6.07) is -0.622. The second-order valence-electron chi connectivity index (χ2n) is 5.25. The molecule has 1 aliphatic rings. The van der Waals surface area contributed by atoms with Crippen LogP contribution in [-0.2, 0) is 4.79 Å². The van der Waals surface area contributed by atoms with Crippen molar-refractivity contribution in [2.24, 2.45) is 5.73 Å². The lowest BCUT2D eigenvalue weighted by atomic mass is 10.1. The first-order valence-electron chi connectivity index (χ1n) is 6.72. The molecule has 0 saturated carbocycles. The first kappa shape index (κ1) is 16.5. The minimum Gasteiger partial charge on any atom is -0.391 e. The van der Waals surface area contributed by atoms with Crippen molar-refractivity contribution in [3.8, 4) is 0 Å². The van der Waals surface area contributed by atoms with E-state index in [4.69, 9.17) is 11.5 Å². The maximum absolute atomic E-state index is 11.9. The number of nitrogens with zero attached hydrogens (tertiary/aromatic N) is 3. The molecule has 9 heteroatoms. The van der Waals surface area contributed by atoms with Crippen LogP contribution in [0.5, 0.6) is 0 Å². The Hall–Kier alpha value is -1.87. The van der Waals surface area contributed by atoms with Crippen molar-refractivity contribution in [1.29, 1.82) is 0 Å². The molecule has 0 bridgehead atoms. The first-order chi connectivity index (χ1) is 10.3. The van der Waals surface area contributed by atoms with Gasteiger partial charge in [0.05, 0.1) is 18.2 Å². The number of amides is 2. The van der Waals surface area contributed by atoms with Crippen LogP contribution in [0, 0.1) is 0 Å². The van der Waals surface area contributed by atoms with Crippen LogP contribution in [-0.4, -0.2) is 50.3 Å². The molecular formula is C13H18BrN5O3. The number of likely N-dealkylation sites (tertiary alicyclic amines) is 1. The van der Waals surface area contributed by atoms with Gasteiger partial charge in [-0.05, 0) is 35.4 Å². The third-order valence-electron chi connectivity index (χ3n) is 3.83. The van der Waals surface area contributed by atoms with Crippen LogP contribution in [0.15, 0.2) is 17.3 Å². The SMILES string of the molecule is C=CC(=O)N1C[C@@H](n2nc(Br)c(C(N)=O)c2N)C[C@@H]1C(C)O. The Bertz CT molecular complexity index is 627. The first-order valence-corrected chi connectivity index (χ1v) is 7.51. The highest BCUT2D eigenvalue weighted by atomic mass is 79.9. The van der Waals surface area contributed by atoms with Gasteiger partial charge in [0.2, 0.25) is 5.91 Å². The second-order valence-corrected chi connectivity index (χ2v) is 6.00. The van der Waals surface area contributed by atoms with E-state index in [9.17, 15) is 14.7 Å². The highest BCUT2D eigenvalue weighted by Gasteiger charge is 2.39. The van der Waals surface area contributed by atoms with Crippen LogP contribution in [0.1, 0.15) is 29.7 Å². The van der Waals surface area contributed by atoms with Crippen LogP contribution in [0.2, 0.25) is 0 Å². The van der Waals surface area contributed by atoms with E-state index in [2.05, 4.69) is 27.6 Å². The van der Waals surface area contributed by atoms with Crippen molar-refractivity contribution in [1.82, 2.24) is 14.7 Å². The predicted molar refractivity (Wildman–Crippen MR) is 83.9 cm³/mol. The Kier molecular flexibility index (Phi) is 4.57. The van der Waals surface area contributed by atoms with Gasteiger partial charge in [-0.25, -0.2) is 4.68 Å². The Morgan fingerprint density at radius 3 is 2.68 bits per heavy atom. The van der Waals surface area contributed by atoms with E-state index in [0.29, 0.717) is 13.0 Å². The third-order valence-corrected chi connectivity index (χ3v) is 4.39. The molecule has 5 N–H and O–H groups in total. The highest BCUT2D eigenvalue weighted by Crippen LogP contribution is 2.33. The van der Waals surface area contributed by atoms with Gasteiger partial charge in [0.25, 0.3) is 5.91 Å². The van der Waals surface area contributed by atoms with Crippen molar-refractivity contribution >= 4 is 33.6 Å². The number of nitrogens with two attached hydrogens (primary N) is 2. The van der Waals surface area contributed by atoms with E-state index in [0.717, 1.165) is 0 Å². The average Bonchev–Trinajstić information content (AvgIpc) is 2.99. The lowest BCUT2D eigenvalue weighted by Gasteiger charge is -2.25. The van der Waals surface area contributed by atoms with Gasteiger partial charge in [0.1, 0.15) is 16.0 Å². The largest absolute Gasteiger partial charge is 0.391 e. The van der Waals surface area contributed by atoms with E-state index in [1.54, 1.807) is 6.92 Å². The van der Waals surface area contributed by atoms with Crippen molar-refractivity contribution in [3.63, 3.8) is 0 Å². The Balaban J connectivity index is 2.35. The zero-order valence-electron chi connectivity index (χ0n) is 12.1. The minimum absolute atomic E-state index is 0.113. The number of hydrogen-bond acceptors (Lipinski definition) is 5. The molecule has 1 aliphatic heterocycles. The summed E-state index contributed by atoms with van der Waals surface area (Å²) in [4.78, 5) is 24.9. The lowest BCUT2D eigenvalue weighted by Crippen LogP contribution is -2.40. The fourth-order valence-electron chi connectivity index (χ4n) is 2.77. The molecule has 120 valence electrons. The standard InChI is InChI=1S/C13H18BrN5O3/c1-3-9(21)18-5-7(4-8(18)6(2)20)19-12(15)10(13(16)22)11(14)17-19/h3,6-8,20H,1,4-5,15H2,2H3,(H2,16,22)/t6?,7-,8+/m0/s1. The quantitative estimate of drug-likeness (QED) is 0.643. The molecular weight excluding hydrogens is 354 g/mol. The topological polar surface area (TPSA) is 127 Å². The molecule has 1 saturated heterocycles. The van der Waals surface area contributed by atoms with Gasteiger partial charge in [0.15, 0.2) is 0 Å². The van der Waals surface area contributed by atoms with E-state index < -0.39 is 12.0 Å². The highest BCUT2D eigenvalue weighted by molar-refractivity contribution is 9.10. The van der Waals surface area contributed by atoms with Gasteiger partial charge in [-0.2, -0.15) is 5.10 Å². The number of carbonyl (C=O) groups is 2. The molecule has 2 amide bonds. The van der Waals surface area contributed by atoms with E-state index >= 15 is 0 Å². The van der Waals surface area contributed by atoms with Crippen LogP contribution >= 0.6 is 15.9 Å². The van der Waals surface area contributed by atoms with Crippen LogP contribution in [0.4, 0.5) is 5.82 Å². The van der Waals surface area contributed by atoms with Gasteiger partial charge in [0, 0.05) is 6.54 Å². The molecule has 1 aromatic heterocycles. The molecule has 2 rings (SSSR count). The summed E-state index contributed by atoms with van der Waals surface area (Å²) >= 11 is 3.16. The number of halogens is 1. The number of aliphatic hydroxyl groups excluding tert-OH is 1. The summed E-state index contributed by atoms with van der Waals surface area (Å²) in [5, 5.41) is 14.1. The van der Waals surface area contributed by atoms with E-state index in [1.165, 1.54) is 15.7 Å². The second kappa shape index (κ2) is 6.09.